The minimum atomic E-state index is 0.175. The molecule has 0 aliphatic carbocycles. The molecule has 1 atom stereocenters. The number of nitrogens with zero attached hydrogens (tertiary/aromatic N) is 3. The molecule has 5 nitrogen and oxygen atoms in total. The van der Waals surface area contributed by atoms with Gasteiger partial charge in [0.05, 0.1) is 0 Å². The van der Waals surface area contributed by atoms with E-state index < -0.39 is 0 Å². The molecule has 94 valence electrons. The normalized spacial score (nSPS) is 20.5. The lowest BCUT2D eigenvalue weighted by molar-refractivity contribution is -0.133. The number of hydrogen-bond acceptors (Lipinski definition) is 3. The fourth-order valence-electron chi connectivity index (χ4n) is 2.38. The first-order valence-electron chi connectivity index (χ1n) is 6.19. The zero-order valence-corrected chi connectivity index (χ0v) is 10.3. The van der Waals surface area contributed by atoms with Crippen LogP contribution in [0.4, 0.5) is 0 Å². The number of carbonyl (C=O) groups is 1. The quantitative estimate of drug-likeness (QED) is 0.820. The molecule has 0 aromatic carbocycles. The van der Waals surface area contributed by atoms with Gasteiger partial charge in [-0.25, -0.2) is 0 Å². The Hall–Kier alpha value is -1.36. The van der Waals surface area contributed by atoms with Crippen molar-refractivity contribution in [1.82, 2.24) is 20.0 Å². The second kappa shape index (κ2) is 5.82. The van der Waals surface area contributed by atoms with Gasteiger partial charge < -0.3 is 10.2 Å². The number of likely N-dealkylation sites (tertiary alicyclic amines) is 1. The second-order valence-corrected chi connectivity index (χ2v) is 4.61. The molecule has 1 aromatic rings. The Morgan fingerprint density at radius 1 is 1.59 bits per heavy atom. The molecule has 0 saturated carbocycles. The average molecular weight is 236 g/mol. The molecule has 1 aliphatic heterocycles. The maximum Gasteiger partial charge on any atom is 0.244 e. The summed E-state index contributed by atoms with van der Waals surface area (Å²) in [5, 5.41) is 7.25. The van der Waals surface area contributed by atoms with E-state index in [0.717, 1.165) is 26.1 Å². The van der Waals surface area contributed by atoms with E-state index in [1.807, 2.05) is 24.2 Å². The Kier molecular flexibility index (Phi) is 4.14. The number of hydrogen-bond donors (Lipinski definition) is 1. The van der Waals surface area contributed by atoms with E-state index >= 15 is 0 Å². The van der Waals surface area contributed by atoms with E-state index in [1.165, 1.54) is 6.42 Å². The standard InChI is InChI=1S/C12H20N4O/c1-13-8-11-4-2-6-15(9-11)12(17)10-16-7-3-5-14-16/h3,5,7,11,13H,2,4,6,8-10H2,1H3. The van der Waals surface area contributed by atoms with Crippen LogP contribution in [0, 0.1) is 5.92 Å². The summed E-state index contributed by atoms with van der Waals surface area (Å²) in [7, 11) is 1.96. The minimum Gasteiger partial charge on any atom is -0.341 e. The van der Waals surface area contributed by atoms with Gasteiger partial charge in [0.15, 0.2) is 0 Å². The molecule has 17 heavy (non-hydrogen) atoms. The number of carbonyl (C=O) groups excluding carboxylic acids is 1. The smallest absolute Gasteiger partial charge is 0.244 e. The van der Waals surface area contributed by atoms with Crippen LogP contribution in [0.25, 0.3) is 0 Å². The minimum absolute atomic E-state index is 0.175. The third kappa shape index (κ3) is 3.30. The van der Waals surface area contributed by atoms with Crippen molar-refractivity contribution in [3.63, 3.8) is 0 Å². The predicted octanol–water partition coefficient (Wildman–Crippen LogP) is 0.341. The van der Waals surface area contributed by atoms with Crippen molar-refractivity contribution in [1.29, 1.82) is 0 Å². The van der Waals surface area contributed by atoms with Crippen molar-refractivity contribution in [3.05, 3.63) is 18.5 Å². The van der Waals surface area contributed by atoms with E-state index in [4.69, 9.17) is 0 Å². The summed E-state index contributed by atoms with van der Waals surface area (Å²) in [5.41, 5.74) is 0. The highest BCUT2D eigenvalue weighted by molar-refractivity contribution is 5.76. The van der Waals surface area contributed by atoms with Crippen molar-refractivity contribution < 1.29 is 4.79 Å². The van der Waals surface area contributed by atoms with Crippen molar-refractivity contribution in [3.8, 4) is 0 Å². The van der Waals surface area contributed by atoms with E-state index in [9.17, 15) is 4.79 Å². The number of nitrogens with one attached hydrogen (secondary N) is 1. The molecule has 5 heteroatoms. The lowest BCUT2D eigenvalue weighted by atomic mass is 9.98. The summed E-state index contributed by atoms with van der Waals surface area (Å²) in [4.78, 5) is 14.0. The first-order valence-corrected chi connectivity index (χ1v) is 6.19. The van der Waals surface area contributed by atoms with Gasteiger partial charge in [0.1, 0.15) is 6.54 Å². The maximum atomic E-state index is 12.1. The molecule has 1 fully saturated rings. The van der Waals surface area contributed by atoms with Gasteiger partial charge in [-0.15, -0.1) is 0 Å². The van der Waals surface area contributed by atoms with Gasteiger partial charge in [0, 0.05) is 25.5 Å². The van der Waals surface area contributed by atoms with Crippen LogP contribution in [0.2, 0.25) is 0 Å². The lowest BCUT2D eigenvalue weighted by Crippen LogP contribution is -2.43. The number of amides is 1. The van der Waals surface area contributed by atoms with Crippen LogP contribution < -0.4 is 5.32 Å². The van der Waals surface area contributed by atoms with E-state index in [1.54, 1.807) is 10.9 Å². The first-order chi connectivity index (χ1) is 8.29. The van der Waals surface area contributed by atoms with Crippen LogP contribution in [0.15, 0.2) is 18.5 Å². The monoisotopic (exact) mass is 236 g/mol. The van der Waals surface area contributed by atoms with Gasteiger partial charge >= 0.3 is 0 Å². The van der Waals surface area contributed by atoms with Crippen molar-refractivity contribution >= 4 is 5.91 Å². The molecule has 1 aromatic heterocycles. The van der Waals surface area contributed by atoms with Crippen LogP contribution in [-0.4, -0.2) is 47.3 Å². The largest absolute Gasteiger partial charge is 0.341 e. The third-order valence-electron chi connectivity index (χ3n) is 3.22. The summed E-state index contributed by atoms with van der Waals surface area (Å²) in [6, 6.07) is 1.84. The summed E-state index contributed by atoms with van der Waals surface area (Å²) in [5.74, 6) is 0.768. The molecule has 1 saturated heterocycles. The molecule has 0 radical (unpaired) electrons. The summed E-state index contributed by atoms with van der Waals surface area (Å²) < 4.78 is 1.68. The molecular formula is C12H20N4O. The van der Waals surface area contributed by atoms with Crippen molar-refractivity contribution in [2.45, 2.75) is 19.4 Å². The highest BCUT2D eigenvalue weighted by Gasteiger charge is 2.23. The van der Waals surface area contributed by atoms with E-state index in [2.05, 4.69) is 10.4 Å². The SMILES string of the molecule is CNCC1CCCN(C(=O)Cn2cccn2)C1. The molecule has 0 spiro atoms. The molecular weight excluding hydrogens is 216 g/mol. The number of piperidine rings is 1. The van der Waals surface area contributed by atoms with Gasteiger partial charge in [-0.05, 0) is 38.4 Å². The first kappa shape index (κ1) is 12.1. The predicted molar refractivity (Wildman–Crippen MR) is 65.5 cm³/mol. The van der Waals surface area contributed by atoms with Crippen LogP contribution in [0.1, 0.15) is 12.8 Å². The Balaban J connectivity index is 1.86. The molecule has 2 rings (SSSR count). The van der Waals surface area contributed by atoms with Crippen molar-refractivity contribution in [2.24, 2.45) is 5.92 Å². The van der Waals surface area contributed by atoms with Crippen LogP contribution in [0.5, 0.6) is 0 Å². The highest BCUT2D eigenvalue weighted by Crippen LogP contribution is 2.15. The van der Waals surface area contributed by atoms with Gasteiger partial charge in [0.2, 0.25) is 5.91 Å². The molecule has 1 N–H and O–H groups in total. The maximum absolute atomic E-state index is 12.1. The summed E-state index contributed by atoms with van der Waals surface area (Å²) in [6.45, 7) is 3.12. The lowest BCUT2D eigenvalue weighted by Gasteiger charge is -2.32. The number of aromatic nitrogens is 2. The molecule has 2 heterocycles. The fraction of sp³-hybridized carbons (Fsp3) is 0.667. The fourth-order valence-corrected chi connectivity index (χ4v) is 2.38. The zero-order valence-electron chi connectivity index (χ0n) is 10.3. The topological polar surface area (TPSA) is 50.2 Å². The van der Waals surface area contributed by atoms with Crippen LogP contribution >= 0.6 is 0 Å². The Morgan fingerprint density at radius 2 is 2.47 bits per heavy atom. The zero-order chi connectivity index (χ0) is 12.1. The Labute approximate surface area is 102 Å². The average Bonchev–Trinajstić information content (AvgIpc) is 2.83. The van der Waals surface area contributed by atoms with E-state index in [0.29, 0.717) is 12.5 Å². The molecule has 1 amide bonds. The van der Waals surface area contributed by atoms with Gasteiger partial charge in [-0.1, -0.05) is 0 Å². The molecule has 0 bridgehead atoms. The van der Waals surface area contributed by atoms with Crippen LogP contribution in [0.3, 0.4) is 0 Å². The number of rotatable bonds is 4. The Bertz CT molecular complexity index is 347. The van der Waals surface area contributed by atoms with Gasteiger partial charge in [-0.3, -0.25) is 9.48 Å². The van der Waals surface area contributed by atoms with Gasteiger partial charge in [-0.2, -0.15) is 5.10 Å². The third-order valence-corrected chi connectivity index (χ3v) is 3.22. The molecule has 1 unspecified atom stereocenters. The summed E-state index contributed by atoms with van der Waals surface area (Å²) >= 11 is 0. The van der Waals surface area contributed by atoms with Crippen LogP contribution in [-0.2, 0) is 11.3 Å². The molecule has 1 aliphatic rings. The van der Waals surface area contributed by atoms with Gasteiger partial charge in [0.25, 0.3) is 0 Å². The van der Waals surface area contributed by atoms with Crippen molar-refractivity contribution in [2.75, 3.05) is 26.7 Å². The summed E-state index contributed by atoms with van der Waals surface area (Å²) in [6.07, 6.45) is 5.85. The second-order valence-electron chi connectivity index (χ2n) is 4.61. The van der Waals surface area contributed by atoms with E-state index in [-0.39, 0.29) is 5.91 Å². The highest BCUT2D eigenvalue weighted by atomic mass is 16.2. The Morgan fingerprint density at radius 3 is 3.18 bits per heavy atom.